The number of rotatable bonds is 7. The maximum Gasteiger partial charge on any atom is 0.238 e. The molecule has 0 saturated heterocycles. The number of nitrogens with two attached hydrogens (primary N) is 1. The molecule has 0 atom stereocenters. The van der Waals surface area contributed by atoms with Crippen LogP contribution in [0.25, 0.3) is 22.2 Å². The molecule has 4 rings (SSSR count). The molecule has 1 aromatic carbocycles. The lowest BCUT2D eigenvalue weighted by atomic mass is 10.1. The van der Waals surface area contributed by atoms with Crippen LogP contribution in [0.5, 0.6) is 0 Å². The number of hydrogen-bond donors (Lipinski definition) is 3. The van der Waals surface area contributed by atoms with Crippen LogP contribution in [0.2, 0.25) is 0 Å². The molecule has 0 radical (unpaired) electrons. The van der Waals surface area contributed by atoms with E-state index in [9.17, 15) is 8.42 Å². The highest BCUT2D eigenvalue weighted by molar-refractivity contribution is 7.89. The maximum absolute atomic E-state index is 11.6. The van der Waals surface area contributed by atoms with Gasteiger partial charge in [-0.15, -0.1) is 11.6 Å². The number of nitrogens with one attached hydrogen (secondary N) is 2. The summed E-state index contributed by atoms with van der Waals surface area (Å²) in [6, 6.07) is 9.93. The molecule has 10 heteroatoms. The molecule has 0 aliphatic carbocycles. The fourth-order valence-electron chi connectivity index (χ4n) is 3.20. The lowest BCUT2D eigenvalue weighted by Gasteiger charge is -2.08. The highest BCUT2D eigenvalue weighted by Gasteiger charge is 2.13. The molecule has 0 amide bonds. The molecule has 3 heterocycles. The summed E-state index contributed by atoms with van der Waals surface area (Å²) in [6.07, 6.45) is 6.95. The lowest BCUT2D eigenvalue weighted by molar-refractivity contribution is 0.598. The summed E-state index contributed by atoms with van der Waals surface area (Å²) in [7, 11) is -3.80. The van der Waals surface area contributed by atoms with Gasteiger partial charge in [-0.2, -0.15) is 0 Å². The van der Waals surface area contributed by atoms with Crippen molar-refractivity contribution in [2.75, 3.05) is 11.2 Å². The second-order valence-electron chi connectivity index (χ2n) is 6.64. The van der Waals surface area contributed by atoms with E-state index >= 15 is 0 Å². The Labute approximate surface area is 178 Å². The van der Waals surface area contributed by atoms with Crippen molar-refractivity contribution in [3.63, 3.8) is 0 Å². The van der Waals surface area contributed by atoms with Crippen molar-refractivity contribution in [3.8, 4) is 11.3 Å². The fraction of sp³-hybridized carbons (Fsp3) is 0.150. The number of aromatic amines is 1. The van der Waals surface area contributed by atoms with Crippen molar-refractivity contribution in [1.29, 1.82) is 0 Å². The summed E-state index contributed by atoms with van der Waals surface area (Å²) in [6.45, 7) is 0. The first kappa shape index (κ1) is 20.3. The smallest absolute Gasteiger partial charge is 0.238 e. The molecule has 4 N–H and O–H groups in total. The van der Waals surface area contributed by atoms with Crippen molar-refractivity contribution in [2.24, 2.45) is 5.14 Å². The summed E-state index contributed by atoms with van der Waals surface area (Å²) >= 11 is 5.82. The van der Waals surface area contributed by atoms with E-state index in [4.69, 9.17) is 16.7 Å². The third-order valence-electron chi connectivity index (χ3n) is 4.58. The molecule has 0 aliphatic heterocycles. The van der Waals surface area contributed by atoms with Crippen LogP contribution < -0.4 is 10.5 Å². The second-order valence-corrected chi connectivity index (χ2v) is 8.58. The number of H-pyrrole nitrogens is 1. The Balaban J connectivity index is 1.66. The van der Waals surface area contributed by atoms with Gasteiger partial charge in [0.05, 0.1) is 21.8 Å². The number of aromatic nitrogens is 4. The Morgan fingerprint density at radius 1 is 1.13 bits per heavy atom. The van der Waals surface area contributed by atoms with Gasteiger partial charge in [-0.1, -0.05) is 6.07 Å². The molecule has 0 spiro atoms. The number of aryl methyl sites for hydroxylation is 1. The first-order valence-corrected chi connectivity index (χ1v) is 11.3. The van der Waals surface area contributed by atoms with Crippen LogP contribution in [0.1, 0.15) is 12.1 Å². The van der Waals surface area contributed by atoms with Gasteiger partial charge in [-0.25, -0.2) is 23.5 Å². The van der Waals surface area contributed by atoms with E-state index < -0.39 is 10.0 Å². The lowest BCUT2D eigenvalue weighted by Crippen LogP contribution is -2.12. The molecule has 0 fully saturated rings. The van der Waals surface area contributed by atoms with Gasteiger partial charge in [-0.05, 0) is 43.2 Å². The third-order valence-corrected chi connectivity index (χ3v) is 5.76. The Hall–Kier alpha value is -3.01. The summed E-state index contributed by atoms with van der Waals surface area (Å²) in [5, 5.41) is 9.24. The predicted molar refractivity (Wildman–Crippen MR) is 117 cm³/mol. The SMILES string of the molecule is NS(=O)(=O)c1cccc(Nc2nccc(-c3c[nH]c4c(CCCCl)nccc34)n2)c1. The zero-order valence-electron chi connectivity index (χ0n) is 15.8. The van der Waals surface area contributed by atoms with E-state index in [1.165, 1.54) is 12.1 Å². The molecule has 3 aromatic heterocycles. The monoisotopic (exact) mass is 442 g/mol. The quantitative estimate of drug-likeness (QED) is 0.375. The van der Waals surface area contributed by atoms with E-state index in [0.717, 1.165) is 40.7 Å². The number of pyridine rings is 1. The van der Waals surface area contributed by atoms with Crippen molar-refractivity contribution >= 4 is 44.2 Å². The van der Waals surface area contributed by atoms with Gasteiger partial charge in [0.15, 0.2) is 0 Å². The van der Waals surface area contributed by atoms with Crippen LogP contribution in [0.4, 0.5) is 11.6 Å². The molecular formula is C20H19ClN6O2S. The first-order chi connectivity index (χ1) is 14.5. The van der Waals surface area contributed by atoms with Crippen molar-refractivity contribution < 1.29 is 8.42 Å². The zero-order chi connectivity index (χ0) is 21.1. The van der Waals surface area contributed by atoms with E-state index in [1.54, 1.807) is 24.5 Å². The summed E-state index contributed by atoms with van der Waals surface area (Å²) in [4.78, 5) is 16.6. The van der Waals surface area contributed by atoms with Crippen LogP contribution in [0, 0.1) is 0 Å². The standard InChI is InChI=1S/C20H19ClN6O2S/c21-8-2-5-18-19-15(6-9-23-18)16(12-25-19)17-7-10-24-20(27-17)26-13-3-1-4-14(11-13)30(22,28)29/h1,3-4,6-7,9-12,25H,2,5,8H2,(H2,22,28,29)(H,24,26,27). The Morgan fingerprint density at radius 3 is 2.77 bits per heavy atom. The number of nitrogens with zero attached hydrogens (tertiary/aromatic N) is 3. The Bertz CT molecular complexity index is 1310. The van der Waals surface area contributed by atoms with Gasteiger partial charge in [0.25, 0.3) is 0 Å². The molecule has 0 unspecified atom stereocenters. The van der Waals surface area contributed by atoms with Crippen LogP contribution in [0.15, 0.2) is 59.9 Å². The van der Waals surface area contributed by atoms with Gasteiger partial charge in [0, 0.05) is 41.1 Å². The third kappa shape index (κ3) is 4.28. The molecular weight excluding hydrogens is 424 g/mol. The van der Waals surface area contributed by atoms with E-state index in [2.05, 4.69) is 25.3 Å². The molecule has 154 valence electrons. The number of hydrogen-bond acceptors (Lipinski definition) is 6. The minimum Gasteiger partial charge on any atom is -0.359 e. The largest absolute Gasteiger partial charge is 0.359 e. The minimum absolute atomic E-state index is 0.0114. The Kier molecular flexibility index (Phi) is 5.67. The molecule has 4 aromatic rings. The minimum atomic E-state index is -3.80. The van der Waals surface area contributed by atoms with Gasteiger partial charge in [-0.3, -0.25) is 4.98 Å². The second kappa shape index (κ2) is 8.39. The number of alkyl halides is 1. The number of halogens is 1. The average Bonchev–Trinajstić information content (AvgIpc) is 3.17. The van der Waals surface area contributed by atoms with E-state index in [-0.39, 0.29) is 4.90 Å². The van der Waals surface area contributed by atoms with Gasteiger partial charge in [0.2, 0.25) is 16.0 Å². The summed E-state index contributed by atoms with van der Waals surface area (Å²) in [5.41, 5.74) is 4.09. The fourth-order valence-corrected chi connectivity index (χ4v) is 3.89. The number of sulfonamides is 1. The van der Waals surface area contributed by atoms with Gasteiger partial charge >= 0.3 is 0 Å². The predicted octanol–water partition coefficient (Wildman–Crippen LogP) is 3.58. The van der Waals surface area contributed by atoms with Crippen LogP contribution in [0.3, 0.4) is 0 Å². The van der Waals surface area contributed by atoms with Crippen LogP contribution in [-0.4, -0.2) is 34.2 Å². The van der Waals surface area contributed by atoms with E-state index in [0.29, 0.717) is 17.5 Å². The highest BCUT2D eigenvalue weighted by atomic mass is 35.5. The number of anilines is 2. The summed E-state index contributed by atoms with van der Waals surface area (Å²) in [5.74, 6) is 0.920. The molecule has 8 nitrogen and oxygen atoms in total. The number of benzene rings is 1. The van der Waals surface area contributed by atoms with Crippen molar-refractivity contribution in [2.45, 2.75) is 17.7 Å². The number of fused-ring (bicyclic) bond motifs is 1. The van der Waals surface area contributed by atoms with Crippen LogP contribution in [-0.2, 0) is 16.4 Å². The van der Waals surface area contributed by atoms with Crippen molar-refractivity contribution in [3.05, 3.63) is 60.7 Å². The van der Waals surface area contributed by atoms with Crippen LogP contribution >= 0.6 is 11.6 Å². The molecule has 0 aliphatic rings. The summed E-state index contributed by atoms with van der Waals surface area (Å²) < 4.78 is 23.1. The topological polar surface area (TPSA) is 127 Å². The molecule has 0 bridgehead atoms. The highest BCUT2D eigenvalue weighted by Crippen LogP contribution is 2.29. The molecule has 0 saturated carbocycles. The number of primary sulfonamides is 1. The maximum atomic E-state index is 11.6. The Morgan fingerprint density at radius 2 is 1.97 bits per heavy atom. The first-order valence-electron chi connectivity index (χ1n) is 9.20. The zero-order valence-corrected chi connectivity index (χ0v) is 17.4. The normalized spacial score (nSPS) is 11.7. The van der Waals surface area contributed by atoms with Crippen molar-refractivity contribution in [1.82, 2.24) is 19.9 Å². The van der Waals surface area contributed by atoms with Gasteiger partial charge in [0.1, 0.15) is 0 Å². The van der Waals surface area contributed by atoms with E-state index in [1.807, 2.05) is 18.3 Å². The average molecular weight is 443 g/mol. The van der Waals surface area contributed by atoms with Gasteiger partial charge < -0.3 is 10.3 Å². The molecule has 30 heavy (non-hydrogen) atoms.